The maximum absolute atomic E-state index is 12.1. The number of hydrogen-bond acceptors (Lipinski definition) is 3. The highest BCUT2D eigenvalue weighted by Crippen LogP contribution is 2.13. The number of nitrogens with one attached hydrogen (secondary N) is 2. The molecule has 0 spiro atoms. The molecule has 0 saturated carbocycles. The molecule has 0 heterocycles. The topological polar surface area (TPSA) is 84.2 Å². The van der Waals surface area contributed by atoms with E-state index in [2.05, 4.69) is 10.6 Å². The minimum absolute atomic E-state index is 0. The second kappa shape index (κ2) is 11.0. The number of carbonyl (C=O) groups excluding carboxylic acids is 2. The molecule has 136 valence electrons. The average molecular weight is 356 g/mol. The highest BCUT2D eigenvalue weighted by atomic mass is 35.5. The van der Waals surface area contributed by atoms with Crippen LogP contribution in [0.1, 0.15) is 63.2 Å². The van der Waals surface area contributed by atoms with Crippen molar-refractivity contribution in [3.63, 3.8) is 0 Å². The van der Waals surface area contributed by atoms with Crippen LogP contribution in [0.25, 0.3) is 0 Å². The molecule has 0 atom stereocenters. The molecular weight excluding hydrogens is 326 g/mol. The fourth-order valence-corrected chi connectivity index (χ4v) is 2.16. The van der Waals surface area contributed by atoms with E-state index in [-0.39, 0.29) is 29.8 Å². The van der Waals surface area contributed by atoms with Gasteiger partial charge in [-0.05, 0) is 58.4 Å². The molecule has 0 saturated heterocycles. The molecule has 24 heavy (non-hydrogen) atoms. The minimum atomic E-state index is -0.292. The second-order valence-electron chi connectivity index (χ2n) is 6.79. The summed E-state index contributed by atoms with van der Waals surface area (Å²) in [5, 5.41) is 5.76. The van der Waals surface area contributed by atoms with Crippen LogP contribution in [0.5, 0.6) is 0 Å². The van der Waals surface area contributed by atoms with Crippen LogP contribution < -0.4 is 16.4 Å². The molecule has 4 N–H and O–H groups in total. The normalized spacial score (nSPS) is 10.7. The lowest BCUT2D eigenvalue weighted by molar-refractivity contribution is -0.116. The molecule has 6 heteroatoms. The predicted molar refractivity (Wildman–Crippen MR) is 102 cm³/mol. The molecule has 1 aromatic rings. The lowest BCUT2D eigenvalue weighted by Crippen LogP contribution is -2.40. The van der Waals surface area contributed by atoms with Crippen LogP contribution in [0.2, 0.25) is 0 Å². The number of rotatable bonds is 8. The Morgan fingerprint density at radius 2 is 1.75 bits per heavy atom. The molecule has 1 aromatic carbocycles. The first kappa shape index (κ1) is 22.4. The summed E-state index contributed by atoms with van der Waals surface area (Å²) in [6.45, 7) is 6.50. The van der Waals surface area contributed by atoms with Gasteiger partial charge in [0.25, 0.3) is 5.91 Å². The van der Waals surface area contributed by atoms with Crippen molar-refractivity contribution in [3.8, 4) is 0 Å². The van der Waals surface area contributed by atoms with Gasteiger partial charge < -0.3 is 16.4 Å². The van der Waals surface area contributed by atoms with Gasteiger partial charge in [0, 0.05) is 23.2 Å². The highest BCUT2D eigenvalue weighted by Gasteiger charge is 2.15. The molecular formula is C18H30ClN3O2. The van der Waals surface area contributed by atoms with Gasteiger partial charge in [-0.2, -0.15) is 0 Å². The zero-order valence-corrected chi connectivity index (χ0v) is 15.7. The van der Waals surface area contributed by atoms with Gasteiger partial charge in [0.15, 0.2) is 0 Å². The molecule has 0 aliphatic carbocycles. The summed E-state index contributed by atoms with van der Waals surface area (Å²) >= 11 is 0. The lowest BCUT2D eigenvalue weighted by atomic mass is 10.1. The van der Waals surface area contributed by atoms with Crippen molar-refractivity contribution in [2.45, 2.75) is 58.4 Å². The lowest BCUT2D eigenvalue weighted by Gasteiger charge is -2.20. The number of unbranched alkanes of at least 4 members (excludes halogenated alkanes) is 3. The molecule has 2 amide bonds. The number of anilines is 1. The molecule has 1 rings (SSSR count). The van der Waals surface area contributed by atoms with Gasteiger partial charge in [-0.15, -0.1) is 12.4 Å². The van der Waals surface area contributed by atoms with Crippen molar-refractivity contribution >= 4 is 29.9 Å². The molecule has 0 bridgehead atoms. The van der Waals surface area contributed by atoms with E-state index in [9.17, 15) is 9.59 Å². The molecule has 0 fully saturated rings. The fourth-order valence-electron chi connectivity index (χ4n) is 2.16. The zero-order valence-electron chi connectivity index (χ0n) is 14.9. The number of amides is 2. The summed E-state index contributed by atoms with van der Waals surface area (Å²) in [5.41, 5.74) is 6.34. The van der Waals surface area contributed by atoms with Crippen LogP contribution in [-0.2, 0) is 4.79 Å². The first-order valence-corrected chi connectivity index (χ1v) is 8.24. The molecule has 0 aliphatic rings. The second-order valence-corrected chi connectivity index (χ2v) is 6.79. The van der Waals surface area contributed by atoms with E-state index in [1.807, 2.05) is 20.8 Å². The van der Waals surface area contributed by atoms with Gasteiger partial charge in [0.1, 0.15) is 0 Å². The number of hydrogen-bond donors (Lipinski definition) is 3. The summed E-state index contributed by atoms with van der Waals surface area (Å²) in [5.74, 6) is -0.165. The molecule has 0 aromatic heterocycles. The third-order valence-electron chi connectivity index (χ3n) is 3.26. The Morgan fingerprint density at radius 3 is 2.38 bits per heavy atom. The van der Waals surface area contributed by atoms with E-state index < -0.39 is 0 Å². The van der Waals surface area contributed by atoms with E-state index >= 15 is 0 Å². The fraction of sp³-hybridized carbons (Fsp3) is 0.556. The Labute approximate surface area is 151 Å². The molecule has 0 aliphatic heterocycles. The van der Waals surface area contributed by atoms with E-state index in [0.29, 0.717) is 24.2 Å². The van der Waals surface area contributed by atoms with E-state index in [4.69, 9.17) is 5.73 Å². The first-order valence-electron chi connectivity index (χ1n) is 8.24. The molecule has 0 unspecified atom stereocenters. The first-order chi connectivity index (χ1) is 10.8. The third kappa shape index (κ3) is 9.53. The summed E-state index contributed by atoms with van der Waals surface area (Å²) in [6.07, 6.45) is 4.43. The summed E-state index contributed by atoms with van der Waals surface area (Å²) in [4.78, 5) is 24.1. The van der Waals surface area contributed by atoms with Crippen LogP contribution in [-0.4, -0.2) is 23.9 Å². The van der Waals surface area contributed by atoms with Gasteiger partial charge in [-0.1, -0.05) is 18.9 Å². The Hall–Kier alpha value is -1.59. The Bertz CT molecular complexity index is 527. The van der Waals surface area contributed by atoms with Crippen molar-refractivity contribution in [2.24, 2.45) is 5.73 Å². The number of carbonyl (C=O) groups is 2. The van der Waals surface area contributed by atoms with Gasteiger partial charge in [0.2, 0.25) is 5.91 Å². The monoisotopic (exact) mass is 355 g/mol. The van der Waals surface area contributed by atoms with Crippen molar-refractivity contribution in [3.05, 3.63) is 29.8 Å². The van der Waals surface area contributed by atoms with Crippen molar-refractivity contribution in [1.82, 2.24) is 5.32 Å². The summed E-state index contributed by atoms with van der Waals surface area (Å²) < 4.78 is 0. The highest BCUT2D eigenvalue weighted by molar-refractivity contribution is 5.97. The van der Waals surface area contributed by atoms with Crippen molar-refractivity contribution in [2.75, 3.05) is 11.9 Å². The van der Waals surface area contributed by atoms with E-state index in [0.717, 1.165) is 25.7 Å². The van der Waals surface area contributed by atoms with Crippen LogP contribution in [0.4, 0.5) is 5.69 Å². The molecule has 5 nitrogen and oxygen atoms in total. The summed E-state index contributed by atoms with van der Waals surface area (Å²) in [7, 11) is 0. The quantitative estimate of drug-likeness (QED) is 0.624. The SMILES string of the molecule is CC(C)(C)NC(=O)c1cccc(NC(=O)CCCCCCN)c1.Cl. The molecule has 0 radical (unpaired) electrons. The van der Waals surface area contributed by atoms with Crippen LogP contribution in [0, 0.1) is 0 Å². The Balaban J connectivity index is 0.00000529. The van der Waals surface area contributed by atoms with Crippen LogP contribution in [0.15, 0.2) is 24.3 Å². The van der Waals surface area contributed by atoms with Gasteiger partial charge in [-0.3, -0.25) is 9.59 Å². The maximum atomic E-state index is 12.1. The van der Waals surface area contributed by atoms with Crippen LogP contribution in [0.3, 0.4) is 0 Å². The Kier molecular flexibility index (Phi) is 10.3. The smallest absolute Gasteiger partial charge is 0.251 e. The van der Waals surface area contributed by atoms with E-state index in [1.165, 1.54) is 0 Å². The van der Waals surface area contributed by atoms with Crippen LogP contribution >= 0.6 is 12.4 Å². The standard InChI is InChI=1S/C18H29N3O2.ClH/c1-18(2,3)21-17(23)14-9-8-10-15(13-14)20-16(22)11-6-4-5-7-12-19;/h8-10,13H,4-7,11-12,19H2,1-3H3,(H,20,22)(H,21,23);1H. The van der Waals surface area contributed by atoms with E-state index in [1.54, 1.807) is 24.3 Å². The Morgan fingerprint density at radius 1 is 1.08 bits per heavy atom. The van der Waals surface area contributed by atoms with Gasteiger partial charge >= 0.3 is 0 Å². The number of benzene rings is 1. The van der Waals surface area contributed by atoms with Crippen molar-refractivity contribution in [1.29, 1.82) is 0 Å². The van der Waals surface area contributed by atoms with Gasteiger partial charge in [-0.25, -0.2) is 0 Å². The summed E-state index contributed by atoms with van der Waals surface area (Å²) in [6, 6.07) is 7.01. The number of nitrogens with two attached hydrogens (primary N) is 1. The minimum Gasteiger partial charge on any atom is -0.347 e. The van der Waals surface area contributed by atoms with Gasteiger partial charge in [0.05, 0.1) is 0 Å². The average Bonchev–Trinajstić information content (AvgIpc) is 2.45. The third-order valence-corrected chi connectivity index (χ3v) is 3.26. The zero-order chi connectivity index (χ0) is 17.3. The largest absolute Gasteiger partial charge is 0.347 e. The predicted octanol–water partition coefficient (Wildman–Crippen LogP) is 3.48. The van der Waals surface area contributed by atoms with Crippen molar-refractivity contribution < 1.29 is 9.59 Å². The maximum Gasteiger partial charge on any atom is 0.251 e. The number of halogens is 1.